The number of nitrogens with one attached hydrogen (secondary N) is 1. The van der Waals surface area contributed by atoms with E-state index in [9.17, 15) is 14.0 Å². The van der Waals surface area contributed by atoms with Gasteiger partial charge in [-0.25, -0.2) is 4.39 Å². The molecule has 2 amide bonds. The number of ether oxygens (including phenoxy) is 1. The van der Waals surface area contributed by atoms with Gasteiger partial charge in [-0.2, -0.15) is 0 Å². The monoisotopic (exact) mass is 328 g/mol. The van der Waals surface area contributed by atoms with E-state index >= 15 is 0 Å². The number of hydrogen-bond donors (Lipinski definition) is 1. The highest BCUT2D eigenvalue weighted by Crippen LogP contribution is 2.24. The van der Waals surface area contributed by atoms with Gasteiger partial charge in [0, 0.05) is 30.4 Å². The van der Waals surface area contributed by atoms with Gasteiger partial charge in [0.15, 0.2) is 6.61 Å². The molecule has 0 saturated carbocycles. The van der Waals surface area contributed by atoms with Gasteiger partial charge in [-0.1, -0.05) is 12.1 Å². The van der Waals surface area contributed by atoms with E-state index in [1.807, 2.05) is 6.07 Å². The number of nitrogens with zero attached hydrogens (tertiary/aromatic N) is 1. The van der Waals surface area contributed by atoms with E-state index in [0.717, 1.165) is 12.1 Å². The lowest BCUT2D eigenvalue weighted by Crippen LogP contribution is -2.24. The van der Waals surface area contributed by atoms with Crippen LogP contribution in [0.15, 0.2) is 48.5 Å². The van der Waals surface area contributed by atoms with Crippen molar-refractivity contribution in [3.05, 3.63) is 54.3 Å². The number of rotatable bonds is 5. The Balaban J connectivity index is 1.59. The SMILES string of the molecule is O=C(COc1cccc(F)c1)Nc1cccc(N2CCCC2=O)c1. The number of halogens is 1. The molecule has 1 fully saturated rings. The van der Waals surface area contributed by atoms with Gasteiger partial charge in [0.2, 0.25) is 5.91 Å². The van der Waals surface area contributed by atoms with Crippen molar-refractivity contribution in [3.63, 3.8) is 0 Å². The van der Waals surface area contributed by atoms with Crippen LogP contribution in [-0.2, 0) is 9.59 Å². The van der Waals surface area contributed by atoms with Crippen LogP contribution < -0.4 is 15.0 Å². The predicted octanol–water partition coefficient (Wildman–Crippen LogP) is 2.97. The summed E-state index contributed by atoms with van der Waals surface area (Å²) in [4.78, 5) is 25.4. The molecule has 1 heterocycles. The molecular formula is C18H17FN2O3. The molecule has 1 aliphatic heterocycles. The summed E-state index contributed by atoms with van der Waals surface area (Å²) in [6.45, 7) is 0.468. The van der Waals surface area contributed by atoms with Crippen LogP contribution >= 0.6 is 0 Å². The van der Waals surface area contributed by atoms with Gasteiger partial charge in [0.25, 0.3) is 5.91 Å². The Morgan fingerprint density at radius 1 is 1.21 bits per heavy atom. The number of carbonyl (C=O) groups excluding carboxylic acids is 2. The van der Waals surface area contributed by atoms with Gasteiger partial charge >= 0.3 is 0 Å². The largest absolute Gasteiger partial charge is 0.484 e. The lowest BCUT2D eigenvalue weighted by atomic mass is 10.2. The molecule has 0 aromatic heterocycles. The molecule has 5 nitrogen and oxygen atoms in total. The summed E-state index contributed by atoms with van der Waals surface area (Å²) in [7, 11) is 0. The summed E-state index contributed by atoms with van der Waals surface area (Å²) in [6, 6.07) is 12.7. The lowest BCUT2D eigenvalue weighted by Gasteiger charge is -2.16. The first kappa shape index (κ1) is 16.0. The minimum atomic E-state index is -0.420. The molecule has 0 unspecified atom stereocenters. The highest BCUT2D eigenvalue weighted by molar-refractivity contribution is 5.97. The first-order valence-electron chi connectivity index (χ1n) is 7.70. The van der Waals surface area contributed by atoms with Gasteiger partial charge in [-0.15, -0.1) is 0 Å². The van der Waals surface area contributed by atoms with E-state index < -0.39 is 5.82 Å². The number of carbonyl (C=O) groups is 2. The molecule has 0 bridgehead atoms. The van der Waals surface area contributed by atoms with Crippen molar-refractivity contribution in [1.82, 2.24) is 0 Å². The zero-order valence-corrected chi connectivity index (χ0v) is 13.0. The quantitative estimate of drug-likeness (QED) is 0.918. The molecule has 1 N–H and O–H groups in total. The highest BCUT2D eigenvalue weighted by Gasteiger charge is 2.21. The van der Waals surface area contributed by atoms with Crippen LogP contribution in [0.5, 0.6) is 5.75 Å². The topological polar surface area (TPSA) is 58.6 Å². The standard InChI is InChI=1S/C18H17FN2O3/c19-13-4-1-7-16(10-13)24-12-17(22)20-14-5-2-6-15(11-14)21-9-3-8-18(21)23/h1-2,4-7,10-11H,3,8-9,12H2,(H,20,22). The molecule has 1 aliphatic rings. The minimum Gasteiger partial charge on any atom is -0.484 e. The smallest absolute Gasteiger partial charge is 0.262 e. The van der Waals surface area contributed by atoms with Crippen molar-refractivity contribution in [2.75, 3.05) is 23.4 Å². The third-order valence-corrected chi connectivity index (χ3v) is 3.68. The van der Waals surface area contributed by atoms with Gasteiger partial charge in [-0.05, 0) is 36.8 Å². The van der Waals surface area contributed by atoms with Crippen molar-refractivity contribution in [2.24, 2.45) is 0 Å². The third-order valence-electron chi connectivity index (χ3n) is 3.68. The average molecular weight is 328 g/mol. The predicted molar refractivity (Wildman–Crippen MR) is 88.6 cm³/mol. The van der Waals surface area contributed by atoms with Crippen LogP contribution in [0, 0.1) is 5.82 Å². The molecule has 0 aliphatic carbocycles. The highest BCUT2D eigenvalue weighted by atomic mass is 19.1. The molecule has 24 heavy (non-hydrogen) atoms. The zero-order valence-electron chi connectivity index (χ0n) is 13.0. The third kappa shape index (κ3) is 3.90. The fraction of sp³-hybridized carbons (Fsp3) is 0.222. The van der Waals surface area contributed by atoms with E-state index in [4.69, 9.17) is 4.74 Å². The summed E-state index contributed by atoms with van der Waals surface area (Å²) >= 11 is 0. The summed E-state index contributed by atoms with van der Waals surface area (Å²) in [5.74, 6) is -0.394. The number of anilines is 2. The van der Waals surface area contributed by atoms with Crippen LogP contribution in [0.3, 0.4) is 0 Å². The van der Waals surface area contributed by atoms with E-state index in [0.29, 0.717) is 24.4 Å². The van der Waals surface area contributed by atoms with Crippen LogP contribution in [-0.4, -0.2) is 25.0 Å². The Kier molecular flexibility index (Phi) is 4.74. The maximum Gasteiger partial charge on any atom is 0.262 e. The second kappa shape index (κ2) is 7.12. The van der Waals surface area contributed by atoms with Crippen molar-refractivity contribution < 1.29 is 18.7 Å². The summed E-state index contributed by atoms with van der Waals surface area (Å²) in [5, 5.41) is 2.71. The van der Waals surface area contributed by atoms with Crippen molar-refractivity contribution in [3.8, 4) is 5.75 Å². The van der Waals surface area contributed by atoms with E-state index in [1.165, 1.54) is 18.2 Å². The number of benzene rings is 2. The lowest BCUT2D eigenvalue weighted by molar-refractivity contribution is -0.118. The molecule has 1 saturated heterocycles. The molecule has 2 aromatic rings. The van der Waals surface area contributed by atoms with Crippen molar-refractivity contribution in [2.45, 2.75) is 12.8 Å². The Morgan fingerprint density at radius 3 is 2.79 bits per heavy atom. The summed E-state index contributed by atoms with van der Waals surface area (Å²) < 4.78 is 18.3. The molecule has 0 radical (unpaired) electrons. The Bertz CT molecular complexity index is 763. The fourth-order valence-corrected chi connectivity index (χ4v) is 2.58. The van der Waals surface area contributed by atoms with Crippen LogP contribution in [0.2, 0.25) is 0 Å². The zero-order chi connectivity index (χ0) is 16.9. The molecule has 124 valence electrons. The van der Waals surface area contributed by atoms with Crippen molar-refractivity contribution in [1.29, 1.82) is 0 Å². The van der Waals surface area contributed by atoms with Crippen LogP contribution in [0.4, 0.5) is 15.8 Å². The number of amides is 2. The molecular weight excluding hydrogens is 311 g/mol. The Labute approximate surface area is 139 Å². The fourth-order valence-electron chi connectivity index (χ4n) is 2.58. The van der Waals surface area contributed by atoms with Gasteiger partial charge in [-0.3, -0.25) is 9.59 Å². The maximum atomic E-state index is 13.0. The second-order valence-electron chi connectivity index (χ2n) is 5.49. The average Bonchev–Trinajstić information content (AvgIpc) is 2.99. The Hall–Kier alpha value is -2.89. The molecule has 6 heteroatoms. The van der Waals surface area contributed by atoms with Gasteiger partial charge < -0.3 is 15.0 Å². The van der Waals surface area contributed by atoms with E-state index in [-0.39, 0.29) is 18.4 Å². The first-order chi connectivity index (χ1) is 11.6. The molecule has 0 spiro atoms. The summed E-state index contributed by atoms with van der Waals surface area (Å²) in [5.41, 5.74) is 1.35. The molecule has 2 aromatic carbocycles. The Morgan fingerprint density at radius 2 is 2.04 bits per heavy atom. The normalized spacial score (nSPS) is 13.9. The van der Waals surface area contributed by atoms with Crippen molar-refractivity contribution >= 4 is 23.2 Å². The van der Waals surface area contributed by atoms with Gasteiger partial charge in [0.05, 0.1) is 0 Å². The van der Waals surface area contributed by atoms with Gasteiger partial charge in [0.1, 0.15) is 11.6 Å². The van der Waals surface area contributed by atoms with E-state index in [1.54, 1.807) is 29.2 Å². The van der Waals surface area contributed by atoms with Crippen LogP contribution in [0.25, 0.3) is 0 Å². The summed E-state index contributed by atoms with van der Waals surface area (Å²) in [6.07, 6.45) is 1.40. The van der Waals surface area contributed by atoms with E-state index in [2.05, 4.69) is 5.32 Å². The first-order valence-corrected chi connectivity index (χ1v) is 7.70. The maximum absolute atomic E-state index is 13.0. The van der Waals surface area contributed by atoms with Crippen LogP contribution in [0.1, 0.15) is 12.8 Å². The molecule has 3 rings (SSSR count). The second-order valence-corrected chi connectivity index (χ2v) is 5.49. The molecule has 0 atom stereocenters. The minimum absolute atomic E-state index is 0.0907. The number of hydrogen-bond acceptors (Lipinski definition) is 3.